The number of carbonyl (C=O) groups excluding carboxylic acids is 2. The molecular weight excluding hydrogens is 162 g/mol. The lowest BCUT2D eigenvalue weighted by Crippen LogP contribution is -2.35. The topological polar surface area (TPSA) is 104 Å². The molecule has 0 saturated carbocycles. The molecule has 1 saturated heterocycles. The first kappa shape index (κ1) is 8.95. The summed E-state index contributed by atoms with van der Waals surface area (Å²) in [6.07, 6.45) is -0.590. The van der Waals surface area contributed by atoms with E-state index in [1.54, 1.807) is 0 Å². The predicted molar refractivity (Wildman–Crippen MR) is 40.1 cm³/mol. The summed E-state index contributed by atoms with van der Waals surface area (Å²) >= 11 is 0. The number of carbonyl (C=O) groups is 2. The molecule has 0 aromatic carbocycles. The van der Waals surface area contributed by atoms with Gasteiger partial charge < -0.3 is 16.2 Å². The maximum atomic E-state index is 10.9. The summed E-state index contributed by atoms with van der Waals surface area (Å²) in [7, 11) is 0. The van der Waals surface area contributed by atoms with Crippen LogP contribution in [-0.2, 0) is 4.79 Å². The van der Waals surface area contributed by atoms with Gasteiger partial charge in [0.2, 0.25) is 0 Å². The maximum absolute atomic E-state index is 10.9. The van der Waals surface area contributed by atoms with E-state index in [4.69, 9.17) is 10.8 Å². The van der Waals surface area contributed by atoms with Gasteiger partial charge in [-0.25, -0.2) is 4.79 Å². The lowest BCUT2D eigenvalue weighted by molar-refractivity contribution is -0.120. The zero-order valence-corrected chi connectivity index (χ0v) is 6.41. The average Bonchev–Trinajstić information content (AvgIpc) is 2.30. The zero-order chi connectivity index (χ0) is 9.14. The summed E-state index contributed by atoms with van der Waals surface area (Å²) in [4.78, 5) is 21.5. The van der Waals surface area contributed by atoms with E-state index >= 15 is 0 Å². The molecule has 0 aliphatic carbocycles. The average molecular weight is 173 g/mol. The molecule has 6 heteroatoms. The monoisotopic (exact) mass is 173 g/mol. The molecule has 2 atom stereocenters. The van der Waals surface area contributed by atoms with Gasteiger partial charge in [-0.15, -0.1) is 0 Å². The van der Waals surface area contributed by atoms with E-state index in [1.807, 2.05) is 0 Å². The fraction of sp³-hybridized carbons (Fsp3) is 0.667. The first-order chi connectivity index (χ1) is 5.63. The first-order valence-electron chi connectivity index (χ1n) is 3.63. The summed E-state index contributed by atoms with van der Waals surface area (Å²) in [5, 5.41) is 13.5. The molecule has 3 amide bonds. The van der Waals surface area contributed by atoms with Crippen molar-refractivity contribution in [3.05, 3.63) is 0 Å². The highest BCUT2D eigenvalue weighted by molar-refractivity contribution is 6.04. The number of hydrogen-bond acceptors (Lipinski definition) is 4. The highest BCUT2D eigenvalue weighted by atomic mass is 16.3. The summed E-state index contributed by atoms with van der Waals surface area (Å²) in [5.74, 6) is -0.410. The number of amides is 3. The fourth-order valence-electron chi connectivity index (χ4n) is 0.993. The van der Waals surface area contributed by atoms with Gasteiger partial charge in [0.15, 0.2) is 0 Å². The van der Waals surface area contributed by atoms with Crippen molar-refractivity contribution in [1.82, 2.24) is 10.6 Å². The Kier molecular flexibility index (Phi) is 2.61. The van der Waals surface area contributed by atoms with Gasteiger partial charge in [0.05, 0.1) is 6.10 Å². The normalized spacial score (nSPS) is 25.0. The molecule has 0 bridgehead atoms. The minimum Gasteiger partial charge on any atom is -0.392 e. The Morgan fingerprint density at radius 1 is 1.58 bits per heavy atom. The lowest BCUT2D eigenvalue weighted by Gasteiger charge is -2.10. The third-order valence-electron chi connectivity index (χ3n) is 1.64. The van der Waals surface area contributed by atoms with Gasteiger partial charge >= 0.3 is 6.03 Å². The number of urea groups is 1. The summed E-state index contributed by atoms with van der Waals surface area (Å²) < 4.78 is 0. The SMILES string of the molecule is NCC(O)CC1NC(=O)NC1=O. The molecule has 1 fully saturated rings. The van der Waals surface area contributed by atoms with E-state index in [-0.39, 0.29) is 13.0 Å². The number of aliphatic hydroxyl groups is 1. The molecule has 0 aromatic rings. The number of aliphatic hydroxyl groups excluding tert-OH is 1. The highest BCUT2D eigenvalue weighted by Crippen LogP contribution is 2.01. The van der Waals surface area contributed by atoms with E-state index in [2.05, 4.69) is 10.6 Å². The van der Waals surface area contributed by atoms with Crippen LogP contribution in [0.25, 0.3) is 0 Å². The molecule has 6 nitrogen and oxygen atoms in total. The fourth-order valence-corrected chi connectivity index (χ4v) is 0.993. The maximum Gasteiger partial charge on any atom is 0.322 e. The number of nitrogens with one attached hydrogen (secondary N) is 2. The molecule has 0 aromatic heterocycles. The van der Waals surface area contributed by atoms with Crippen LogP contribution in [-0.4, -0.2) is 35.7 Å². The third kappa shape index (κ3) is 1.93. The molecule has 1 aliphatic heterocycles. The van der Waals surface area contributed by atoms with Crippen molar-refractivity contribution >= 4 is 11.9 Å². The van der Waals surface area contributed by atoms with Crippen LogP contribution in [0.1, 0.15) is 6.42 Å². The second-order valence-corrected chi connectivity index (χ2v) is 2.64. The van der Waals surface area contributed by atoms with Crippen LogP contribution in [0.15, 0.2) is 0 Å². The predicted octanol–water partition coefficient (Wildman–Crippen LogP) is -2.10. The minimum atomic E-state index is -0.751. The van der Waals surface area contributed by atoms with Gasteiger partial charge in [0.25, 0.3) is 5.91 Å². The molecule has 0 radical (unpaired) electrons. The van der Waals surface area contributed by atoms with Gasteiger partial charge in [-0.1, -0.05) is 0 Å². The Labute approximate surface area is 69.1 Å². The van der Waals surface area contributed by atoms with Gasteiger partial charge in [-0.3, -0.25) is 10.1 Å². The molecule has 2 unspecified atom stereocenters. The van der Waals surface area contributed by atoms with Gasteiger partial charge in [-0.05, 0) is 0 Å². The Morgan fingerprint density at radius 3 is 2.67 bits per heavy atom. The van der Waals surface area contributed by atoms with Crippen molar-refractivity contribution in [1.29, 1.82) is 0 Å². The largest absolute Gasteiger partial charge is 0.392 e. The molecule has 0 spiro atoms. The first-order valence-corrected chi connectivity index (χ1v) is 3.63. The Bertz CT molecular complexity index is 206. The quantitative estimate of drug-likeness (QED) is 0.367. The van der Waals surface area contributed by atoms with Crippen molar-refractivity contribution in [3.63, 3.8) is 0 Å². The van der Waals surface area contributed by atoms with Crippen molar-refractivity contribution in [2.45, 2.75) is 18.6 Å². The second-order valence-electron chi connectivity index (χ2n) is 2.64. The van der Waals surface area contributed by atoms with Crippen LogP contribution in [0.2, 0.25) is 0 Å². The van der Waals surface area contributed by atoms with Crippen molar-refractivity contribution in [2.24, 2.45) is 5.73 Å². The number of rotatable bonds is 3. The number of imide groups is 1. The standard InChI is InChI=1S/C6H11N3O3/c7-2-3(10)1-4-5(11)9-6(12)8-4/h3-4,10H,1-2,7H2,(H2,8,9,11,12). The summed E-state index contributed by atoms with van der Waals surface area (Å²) in [6, 6.07) is -1.16. The summed E-state index contributed by atoms with van der Waals surface area (Å²) in [6.45, 7) is 0.0830. The molecular formula is C6H11N3O3. The van der Waals surface area contributed by atoms with E-state index in [0.29, 0.717) is 0 Å². The Balaban J connectivity index is 2.43. The van der Waals surface area contributed by atoms with E-state index in [1.165, 1.54) is 0 Å². The van der Waals surface area contributed by atoms with Crippen LogP contribution in [0.4, 0.5) is 4.79 Å². The molecule has 12 heavy (non-hydrogen) atoms. The van der Waals surface area contributed by atoms with Crippen LogP contribution in [0.3, 0.4) is 0 Å². The molecule has 5 N–H and O–H groups in total. The van der Waals surface area contributed by atoms with Crippen molar-refractivity contribution in [2.75, 3.05) is 6.54 Å². The van der Waals surface area contributed by atoms with Crippen molar-refractivity contribution in [3.8, 4) is 0 Å². The zero-order valence-electron chi connectivity index (χ0n) is 6.41. The van der Waals surface area contributed by atoms with Crippen LogP contribution >= 0.6 is 0 Å². The molecule has 1 heterocycles. The van der Waals surface area contributed by atoms with Gasteiger partial charge in [0, 0.05) is 13.0 Å². The van der Waals surface area contributed by atoms with E-state index < -0.39 is 24.1 Å². The molecule has 1 rings (SSSR count). The smallest absolute Gasteiger partial charge is 0.322 e. The minimum absolute atomic E-state index is 0.0830. The highest BCUT2D eigenvalue weighted by Gasteiger charge is 2.30. The molecule has 68 valence electrons. The number of hydrogen-bond donors (Lipinski definition) is 4. The lowest BCUT2D eigenvalue weighted by atomic mass is 10.1. The number of nitrogens with two attached hydrogens (primary N) is 1. The Morgan fingerprint density at radius 2 is 2.25 bits per heavy atom. The van der Waals surface area contributed by atoms with Crippen LogP contribution in [0.5, 0.6) is 0 Å². The van der Waals surface area contributed by atoms with E-state index in [0.717, 1.165) is 0 Å². The second kappa shape index (κ2) is 3.51. The van der Waals surface area contributed by atoms with Crippen LogP contribution in [0, 0.1) is 0 Å². The van der Waals surface area contributed by atoms with E-state index in [9.17, 15) is 9.59 Å². The van der Waals surface area contributed by atoms with Crippen molar-refractivity contribution < 1.29 is 14.7 Å². The summed E-state index contributed by atoms with van der Waals surface area (Å²) in [5.41, 5.74) is 5.14. The Hall–Kier alpha value is -1.14. The van der Waals surface area contributed by atoms with Crippen LogP contribution < -0.4 is 16.4 Å². The molecule has 1 aliphatic rings. The third-order valence-corrected chi connectivity index (χ3v) is 1.64. The van der Waals surface area contributed by atoms with Gasteiger partial charge in [0.1, 0.15) is 6.04 Å². The van der Waals surface area contributed by atoms with Gasteiger partial charge in [-0.2, -0.15) is 0 Å².